The van der Waals surface area contributed by atoms with E-state index in [0.717, 1.165) is 16.2 Å². The Hall–Kier alpha value is -2.73. The van der Waals surface area contributed by atoms with Crippen LogP contribution in [0.5, 0.6) is 0 Å². The summed E-state index contributed by atoms with van der Waals surface area (Å²) in [4.78, 5) is 17.4. The van der Waals surface area contributed by atoms with Gasteiger partial charge in [-0.25, -0.2) is 9.50 Å². The number of aryl methyl sites for hydroxylation is 1. The van der Waals surface area contributed by atoms with Crippen molar-refractivity contribution >= 4 is 38.8 Å². The highest BCUT2D eigenvalue weighted by molar-refractivity contribution is 9.10. The average molecular weight is 499 g/mol. The third-order valence-electron chi connectivity index (χ3n) is 4.34. The molecule has 0 unspecified atom stereocenters. The largest absolute Gasteiger partial charge is 0.433 e. The van der Waals surface area contributed by atoms with Crippen LogP contribution in [0.3, 0.4) is 0 Å². The van der Waals surface area contributed by atoms with Gasteiger partial charge < -0.3 is 5.32 Å². The van der Waals surface area contributed by atoms with Gasteiger partial charge in [0.15, 0.2) is 17.0 Å². The summed E-state index contributed by atoms with van der Waals surface area (Å²) in [6.07, 6.45) is -3.05. The maximum absolute atomic E-state index is 13.6. The van der Waals surface area contributed by atoms with Gasteiger partial charge in [-0.05, 0) is 40.4 Å². The van der Waals surface area contributed by atoms with Crippen molar-refractivity contribution in [2.45, 2.75) is 26.2 Å². The van der Waals surface area contributed by atoms with E-state index in [-0.39, 0.29) is 23.6 Å². The molecule has 0 spiro atoms. The summed E-state index contributed by atoms with van der Waals surface area (Å²) in [5, 5.41) is 12.4. The number of amides is 1. The Morgan fingerprint density at radius 3 is 2.80 bits per heavy atom. The molecular weight excluding hydrogens is 485 g/mol. The molecule has 0 aromatic carbocycles. The molecule has 0 saturated heterocycles. The third kappa shape index (κ3) is 3.84. The van der Waals surface area contributed by atoms with Crippen molar-refractivity contribution in [2.75, 3.05) is 0 Å². The molecule has 0 aliphatic rings. The van der Waals surface area contributed by atoms with E-state index in [1.54, 1.807) is 28.4 Å². The maximum atomic E-state index is 13.6. The lowest BCUT2D eigenvalue weighted by atomic mass is 10.2. The monoisotopic (exact) mass is 498 g/mol. The zero-order chi connectivity index (χ0) is 21.5. The number of aromatic nitrogens is 5. The first kappa shape index (κ1) is 20.5. The maximum Gasteiger partial charge on any atom is 0.433 e. The van der Waals surface area contributed by atoms with Crippen LogP contribution < -0.4 is 5.32 Å². The van der Waals surface area contributed by atoms with Gasteiger partial charge in [0.1, 0.15) is 0 Å². The Bertz CT molecular complexity index is 1210. The molecule has 0 fully saturated rings. The molecule has 0 atom stereocenters. The van der Waals surface area contributed by atoms with Crippen molar-refractivity contribution in [3.05, 3.63) is 57.4 Å². The number of rotatable bonds is 5. The smallest absolute Gasteiger partial charge is 0.345 e. The van der Waals surface area contributed by atoms with Crippen LogP contribution in [0.25, 0.3) is 16.2 Å². The van der Waals surface area contributed by atoms with E-state index >= 15 is 0 Å². The molecule has 1 N–H and O–H groups in total. The van der Waals surface area contributed by atoms with E-state index in [2.05, 4.69) is 36.4 Å². The minimum absolute atomic E-state index is 0.0573. The molecule has 0 aliphatic carbocycles. The summed E-state index contributed by atoms with van der Waals surface area (Å²) < 4.78 is 43.9. The number of alkyl halides is 3. The molecule has 4 rings (SSSR count). The van der Waals surface area contributed by atoms with Gasteiger partial charge in [-0.1, -0.05) is 6.07 Å². The number of hydrogen-bond acceptors (Lipinski definition) is 5. The molecule has 0 aliphatic heterocycles. The number of thiophene rings is 1. The fraction of sp³-hybridized carbons (Fsp3) is 0.222. The van der Waals surface area contributed by atoms with Gasteiger partial charge in [0.25, 0.3) is 5.91 Å². The number of nitrogens with one attached hydrogen (secondary N) is 1. The standard InChI is InChI=1S/C18H14BrF3N6OS/c1-2-27-13(10(19)8-24-27)9-23-17(29)12-7-16-25-11(14-4-3-5-30-14)6-15(18(20,21)22)28(16)26-12/h3-8H,2,9H2,1H3,(H,23,29). The van der Waals surface area contributed by atoms with Gasteiger partial charge in [-0.3, -0.25) is 9.48 Å². The SMILES string of the molecule is CCn1ncc(Br)c1CNC(=O)c1cc2nc(-c3cccs3)cc(C(F)(F)F)n2n1. The van der Waals surface area contributed by atoms with Crippen LogP contribution in [0, 0.1) is 0 Å². The topological polar surface area (TPSA) is 77.1 Å². The number of fused-ring (bicyclic) bond motifs is 1. The van der Waals surface area contributed by atoms with E-state index in [1.807, 2.05) is 6.92 Å². The van der Waals surface area contributed by atoms with E-state index < -0.39 is 17.8 Å². The van der Waals surface area contributed by atoms with Crippen molar-refractivity contribution in [1.29, 1.82) is 0 Å². The summed E-state index contributed by atoms with van der Waals surface area (Å²) in [6, 6.07) is 5.59. The number of halogens is 4. The number of nitrogens with zero attached hydrogens (tertiary/aromatic N) is 5. The summed E-state index contributed by atoms with van der Waals surface area (Å²) in [7, 11) is 0. The number of carbonyl (C=O) groups excluding carboxylic acids is 1. The van der Waals surface area contributed by atoms with Crippen molar-refractivity contribution in [3.8, 4) is 10.6 Å². The van der Waals surface area contributed by atoms with Crippen LogP contribution in [0.2, 0.25) is 0 Å². The van der Waals surface area contributed by atoms with Crippen LogP contribution in [0.4, 0.5) is 13.2 Å². The summed E-state index contributed by atoms with van der Waals surface area (Å²) >= 11 is 4.64. The second-order valence-corrected chi connectivity index (χ2v) is 8.04. The first-order chi connectivity index (χ1) is 14.3. The molecular formula is C18H14BrF3N6OS. The highest BCUT2D eigenvalue weighted by Gasteiger charge is 2.35. The highest BCUT2D eigenvalue weighted by atomic mass is 79.9. The Kier molecular flexibility index (Phi) is 5.36. The lowest BCUT2D eigenvalue weighted by molar-refractivity contribution is -0.142. The van der Waals surface area contributed by atoms with Crippen molar-refractivity contribution in [3.63, 3.8) is 0 Å². The van der Waals surface area contributed by atoms with Crippen LogP contribution >= 0.6 is 27.3 Å². The fourth-order valence-corrected chi connectivity index (χ4v) is 4.05. The molecule has 30 heavy (non-hydrogen) atoms. The van der Waals surface area contributed by atoms with Gasteiger partial charge in [-0.15, -0.1) is 11.3 Å². The van der Waals surface area contributed by atoms with Crippen LogP contribution in [-0.4, -0.2) is 30.3 Å². The van der Waals surface area contributed by atoms with E-state index in [0.29, 0.717) is 15.9 Å². The van der Waals surface area contributed by atoms with Gasteiger partial charge in [-0.2, -0.15) is 23.4 Å². The highest BCUT2D eigenvalue weighted by Crippen LogP contribution is 2.33. The van der Waals surface area contributed by atoms with Gasteiger partial charge in [0.2, 0.25) is 0 Å². The molecule has 1 amide bonds. The van der Waals surface area contributed by atoms with Gasteiger partial charge in [0.05, 0.1) is 33.5 Å². The Morgan fingerprint density at radius 2 is 2.13 bits per heavy atom. The third-order valence-corrected chi connectivity index (χ3v) is 5.89. The molecule has 0 bridgehead atoms. The van der Waals surface area contributed by atoms with E-state index in [1.165, 1.54) is 17.4 Å². The van der Waals surface area contributed by atoms with Crippen molar-refractivity contribution in [2.24, 2.45) is 0 Å². The minimum Gasteiger partial charge on any atom is -0.345 e. The van der Waals surface area contributed by atoms with Crippen LogP contribution in [0.15, 0.2) is 40.3 Å². The summed E-state index contributed by atoms with van der Waals surface area (Å²) in [5.41, 5.74) is -0.300. The molecule has 4 heterocycles. The van der Waals surface area contributed by atoms with Gasteiger partial charge in [0, 0.05) is 12.6 Å². The molecule has 0 radical (unpaired) electrons. The number of carbonyl (C=O) groups is 1. The predicted octanol–water partition coefficient (Wildman–Crippen LogP) is 4.39. The average Bonchev–Trinajstić information content (AvgIpc) is 3.43. The second-order valence-electron chi connectivity index (χ2n) is 6.24. The van der Waals surface area contributed by atoms with E-state index in [4.69, 9.17) is 0 Å². The van der Waals surface area contributed by atoms with Gasteiger partial charge >= 0.3 is 6.18 Å². The van der Waals surface area contributed by atoms with Crippen LogP contribution in [0.1, 0.15) is 28.8 Å². The lowest BCUT2D eigenvalue weighted by Crippen LogP contribution is -2.25. The molecule has 7 nitrogen and oxygen atoms in total. The van der Waals surface area contributed by atoms with Crippen molar-refractivity contribution in [1.82, 2.24) is 29.7 Å². The normalized spacial score (nSPS) is 11.9. The fourth-order valence-electron chi connectivity index (χ4n) is 2.93. The molecule has 4 aromatic heterocycles. The zero-order valence-corrected chi connectivity index (χ0v) is 17.8. The Morgan fingerprint density at radius 1 is 1.33 bits per heavy atom. The molecule has 4 aromatic rings. The van der Waals surface area contributed by atoms with Crippen LogP contribution in [-0.2, 0) is 19.3 Å². The Labute approximate surface area is 180 Å². The summed E-state index contributed by atoms with van der Waals surface area (Å²) in [6.45, 7) is 2.65. The molecule has 12 heteroatoms. The summed E-state index contributed by atoms with van der Waals surface area (Å²) in [5.74, 6) is -0.609. The first-order valence-electron chi connectivity index (χ1n) is 8.78. The zero-order valence-electron chi connectivity index (χ0n) is 15.4. The lowest BCUT2D eigenvalue weighted by Gasteiger charge is -2.10. The minimum atomic E-state index is -4.66. The first-order valence-corrected chi connectivity index (χ1v) is 10.5. The predicted molar refractivity (Wildman–Crippen MR) is 108 cm³/mol. The number of hydrogen-bond donors (Lipinski definition) is 1. The molecule has 156 valence electrons. The molecule has 0 saturated carbocycles. The van der Waals surface area contributed by atoms with E-state index in [9.17, 15) is 18.0 Å². The quantitative estimate of drug-likeness (QED) is 0.442. The Balaban J connectivity index is 1.68. The second kappa shape index (κ2) is 7.84. The van der Waals surface area contributed by atoms with Crippen molar-refractivity contribution < 1.29 is 18.0 Å².